The van der Waals surface area contributed by atoms with Crippen LogP contribution < -0.4 is 5.32 Å². The topological polar surface area (TPSA) is 55.4 Å². The predicted molar refractivity (Wildman–Crippen MR) is 46.4 cm³/mol. The van der Waals surface area contributed by atoms with Crippen molar-refractivity contribution in [2.75, 3.05) is 26.5 Å². The van der Waals surface area contributed by atoms with Crippen LogP contribution in [0.4, 0.5) is 0 Å². The molecule has 1 aliphatic rings. The lowest BCUT2D eigenvalue weighted by atomic mass is 10.1. The van der Waals surface area contributed by atoms with E-state index < -0.39 is 10.1 Å². The zero-order valence-corrected chi connectivity index (χ0v) is 8.28. The Morgan fingerprint density at radius 3 is 2.42 bits per heavy atom. The molecule has 12 heavy (non-hydrogen) atoms. The van der Waals surface area contributed by atoms with Crippen molar-refractivity contribution in [2.24, 2.45) is 5.41 Å². The zero-order chi connectivity index (χ0) is 9.24. The predicted octanol–water partition coefficient (Wildman–Crippen LogP) is -0.0378. The molecule has 0 aromatic heterocycles. The molecule has 0 bridgehead atoms. The normalized spacial score (nSPS) is 20.8. The maximum absolute atomic E-state index is 10.7. The smallest absolute Gasteiger partial charge is 0.264 e. The molecule has 4 nitrogen and oxygen atoms in total. The van der Waals surface area contributed by atoms with E-state index in [0.29, 0.717) is 6.61 Å². The van der Waals surface area contributed by atoms with Crippen molar-refractivity contribution in [1.82, 2.24) is 5.32 Å². The van der Waals surface area contributed by atoms with E-state index in [0.717, 1.165) is 25.6 Å². The fourth-order valence-corrected chi connectivity index (χ4v) is 1.62. The molecule has 1 fully saturated rings. The average Bonchev–Trinajstić information content (AvgIpc) is 2.65. The van der Waals surface area contributed by atoms with E-state index in [9.17, 15) is 8.42 Å². The number of hydrogen-bond donors (Lipinski definition) is 1. The maximum atomic E-state index is 10.7. The molecule has 0 amide bonds. The van der Waals surface area contributed by atoms with Gasteiger partial charge in [0.2, 0.25) is 0 Å². The molecule has 0 heterocycles. The van der Waals surface area contributed by atoms with E-state index in [2.05, 4.69) is 5.32 Å². The van der Waals surface area contributed by atoms with Crippen molar-refractivity contribution in [3.05, 3.63) is 0 Å². The summed E-state index contributed by atoms with van der Waals surface area (Å²) in [5.41, 5.74) is 0.0951. The third kappa shape index (κ3) is 3.08. The molecule has 0 aliphatic heterocycles. The molecule has 72 valence electrons. The lowest BCUT2D eigenvalue weighted by molar-refractivity contribution is 0.239. The Bertz CT molecular complexity index is 243. The fourth-order valence-electron chi connectivity index (χ4n) is 1.16. The van der Waals surface area contributed by atoms with Gasteiger partial charge in [0, 0.05) is 12.0 Å². The number of nitrogens with one attached hydrogen (secondary N) is 1. The van der Waals surface area contributed by atoms with Gasteiger partial charge in [0.15, 0.2) is 0 Å². The van der Waals surface area contributed by atoms with Gasteiger partial charge in [0.1, 0.15) is 0 Å². The number of rotatable bonds is 5. The highest BCUT2D eigenvalue weighted by Gasteiger charge is 2.42. The van der Waals surface area contributed by atoms with Crippen molar-refractivity contribution in [3.8, 4) is 0 Å². The summed E-state index contributed by atoms with van der Waals surface area (Å²) in [5, 5.41) is 3.03. The number of hydrogen-bond acceptors (Lipinski definition) is 4. The highest BCUT2D eigenvalue weighted by Crippen LogP contribution is 2.45. The second-order valence-electron chi connectivity index (χ2n) is 3.50. The lowest BCUT2D eigenvalue weighted by Crippen LogP contribution is -2.25. The molecule has 1 rings (SSSR count). The van der Waals surface area contributed by atoms with E-state index in [-0.39, 0.29) is 5.41 Å². The molecule has 1 N–H and O–H groups in total. The largest absolute Gasteiger partial charge is 0.319 e. The minimum absolute atomic E-state index is 0.0951. The average molecular weight is 193 g/mol. The first kappa shape index (κ1) is 9.95. The molecule has 0 radical (unpaired) electrons. The van der Waals surface area contributed by atoms with E-state index in [1.54, 1.807) is 0 Å². The van der Waals surface area contributed by atoms with Crippen LogP contribution in [0.5, 0.6) is 0 Å². The van der Waals surface area contributed by atoms with Gasteiger partial charge in [-0.3, -0.25) is 4.18 Å². The summed E-state index contributed by atoms with van der Waals surface area (Å²) in [7, 11) is -1.40. The van der Waals surface area contributed by atoms with Crippen molar-refractivity contribution >= 4 is 10.1 Å². The lowest BCUT2D eigenvalue weighted by Gasteiger charge is -2.12. The Hall–Kier alpha value is -0.130. The van der Waals surface area contributed by atoms with Crippen LogP contribution in [0.25, 0.3) is 0 Å². The van der Waals surface area contributed by atoms with Gasteiger partial charge in [0.05, 0.1) is 12.9 Å². The first-order valence-electron chi connectivity index (χ1n) is 3.96. The van der Waals surface area contributed by atoms with Crippen molar-refractivity contribution in [1.29, 1.82) is 0 Å². The van der Waals surface area contributed by atoms with Gasteiger partial charge in [-0.2, -0.15) is 8.42 Å². The Labute approximate surface area is 73.4 Å². The first-order valence-corrected chi connectivity index (χ1v) is 5.78. The van der Waals surface area contributed by atoms with Crippen LogP contribution in [0, 0.1) is 5.41 Å². The van der Waals surface area contributed by atoms with Crippen LogP contribution in [-0.2, 0) is 14.3 Å². The molecule has 1 aliphatic carbocycles. The summed E-state index contributed by atoms with van der Waals surface area (Å²) in [5.74, 6) is 0. The zero-order valence-electron chi connectivity index (χ0n) is 7.46. The van der Waals surface area contributed by atoms with Crippen molar-refractivity contribution in [3.63, 3.8) is 0 Å². The van der Waals surface area contributed by atoms with Crippen LogP contribution in [-0.4, -0.2) is 34.9 Å². The van der Waals surface area contributed by atoms with Gasteiger partial charge in [-0.25, -0.2) is 0 Å². The second kappa shape index (κ2) is 3.32. The van der Waals surface area contributed by atoms with E-state index in [1.165, 1.54) is 0 Å². The Morgan fingerprint density at radius 1 is 1.50 bits per heavy atom. The molecule has 0 spiro atoms. The molecule has 0 saturated heterocycles. The summed E-state index contributed by atoms with van der Waals surface area (Å²) >= 11 is 0. The van der Waals surface area contributed by atoms with Crippen molar-refractivity contribution < 1.29 is 12.6 Å². The minimum Gasteiger partial charge on any atom is -0.319 e. The quantitative estimate of drug-likeness (QED) is 0.623. The van der Waals surface area contributed by atoms with E-state index in [4.69, 9.17) is 4.18 Å². The Balaban J connectivity index is 2.32. The van der Waals surface area contributed by atoms with Crippen LogP contribution in [0.15, 0.2) is 0 Å². The van der Waals surface area contributed by atoms with Crippen LogP contribution in [0.3, 0.4) is 0 Å². The first-order chi connectivity index (χ1) is 5.47. The summed E-state index contributed by atoms with van der Waals surface area (Å²) in [6.07, 6.45) is 3.20. The van der Waals surface area contributed by atoms with Crippen LogP contribution in [0.1, 0.15) is 12.8 Å². The molecular formula is C7H15NO3S. The summed E-state index contributed by atoms with van der Waals surface area (Å²) in [6.45, 7) is 1.16. The monoisotopic (exact) mass is 193 g/mol. The highest BCUT2D eigenvalue weighted by atomic mass is 32.2. The van der Waals surface area contributed by atoms with Crippen molar-refractivity contribution in [2.45, 2.75) is 12.8 Å². The summed E-state index contributed by atoms with van der Waals surface area (Å²) in [4.78, 5) is 0. The second-order valence-corrected chi connectivity index (χ2v) is 5.14. The molecule has 0 unspecified atom stereocenters. The Morgan fingerprint density at radius 2 is 2.08 bits per heavy atom. The fraction of sp³-hybridized carbons (Fsp3) is 1.00. The van der Waals surface area contributed by atoms with Crippen LogP contribution >= 0.6 is 0 Å². The summed E-state index contributed by atoms with van der Waals surface area (Å²) < 4.78 is 26.1. The molecular weight excluding hydrogens is 178 g/mol. The molecule has 0 atom stereocenters. The van der Waals surface area contributed by atoms with E-state index >= 15 is 0 Å². The maximum Gasteiger partial charge on any atom is 0.264 e. The molecule has 5 heteroatoms. The van der Waals surface area contributed by atoms with Gasteiger partial charge < -0.3 is 5.32 Å². The standard InChI is InChI=1S/C7H15NO3S/c1-8-5-7(3-4-7)6-11-12(2,9)10/h8H,3-6H2,1-2H3. The third-order valence-corrected chi connectivity index (χ3v) is 2.63. The molecule has 0 aromatic carbocycles. The van der Waals surface area contributed by atoms with Gasteiger partial charge in [0.25, 0.3) is 10.1 Å². The summed E-state index contributed by atoms with van der Waals surface area (Å²) in [6, 6.07) is 0. The third-order valence-electron chi connectivity index (χ3n) is 2.09. The van der Waals surface area contributed by atoms with Gasteiger partial charge in [-0.1, -0.05) is 0 Å². The Kier molecular flexibility index (Phi) is 2.75. The minimum atomic E-state index is -3.26. The van der Waals surface area contributed by atoms with Crippen LogP contribution in [0.2, 0.25) is 0 Å². The highest BCUT2D eigenvalue weighted by molar-refractivity contribution is 7.85. The SMILES string of the molecule is CNCC1(COS(C)(=O)=O)CC1. The van der Waals surface area contributed by atoms with E-state index in [1.807, 2.05) is 7.05 Å². The van der Waals surface area contributed by atoms with Gasteiger partial charge >= 0.3 is 0 Å². The molecule has 1 saturated carbocycles. The van der Waals surface area contributed by atoms with Gasteiger partial charge in [-0.05, 0) is 19.9 Å². The van der Waals surface area contributed by atoms with Gasteiger partial charge in [-0.15, -0.1) is 0 Å². The molecule has 0 aromatic rings.